The second kappa shape index (κ2) is 6.15. The van der Waals surface area contributed by atoms with Gasteiger partial charge in [0.1, 0.15) is 11.8 Å². The molecule has 0 aliphatic carbocycles. The Kier molecular flexibility index (Phi) is 4.49. The number of ether oxygens (including phenoxy) is 1. The topological polar surface area (TPSA) is 57.9 Å². The summed E-state index contributed by atoms with van der Waals surface area (Å²) in [5.41, 5.74) is 2.32. The molecule has 0 fully saturated rings. The summed E-state index contributed by atoms with van der Waals surface area (Å²) in [6.07, 6.45) is 0. The van der Waals surface area contributed by atoms with Crippen LogP contribution >= 0.6 is 11.3 Å². The Bertz CT molecular complexity index is 665. The number of aromatic nitrogens is 1. The van der Waals surface area contributed by atoms with Crippen LogP contribution in [0.1, 0.15) is 37.0 Å². The van der Waals surface area contributed by atoms with Crippen molar-refractivity contribution in [2.45, 2.75) is 32.7 Å². The molecule has 1 aromatic carbocycles. The van der Waals surface area contributed by atoms with Crippen molar-refractivity contribution in [1.82, 2.24) is 4.98 Å². The Morgan fingerprint density at radius 1 is 1.38 bits per heavy atom. The van der Waals surface area contributed by atoms with E-state index in [1.807, 2.05) is 12.1 Å². The highest BCUT2D eigenvalue weighted by Crippen LogP contribution is 2.29. The van der Waals surface area contributed by atoms with Crippen LogP contribution in [0.25, 0.3) is 0 Å². The monoisotopic (exact) mass is 301 g/mol. The van der Waals surface area contributed by atoms with Gasteiger partial charge in [0, 0.05) is 10.8 Å². The first-order chi connectivity index (χ1) is 9.95. The van der Waals surface area contributed by atoms with Crippen LogP contribution < -0.4 is 10.1 Å². The number of thiazole rings is 1. The Balaban J connectivity index is 2.17. The van der Waals surface area contributed by atoms with Gasteiger partial charge in [-0.3, -0.25) is 0 Å². The molecule has 1 N–H and O–H groups in total. The highest BCUT2D eigenvalue weighted by Gasteiger charge is 2.18. The van der Waals surface area contributed by atoms with Crippen molar-refractivity contribution in [2.75, 3.05) is 12.4 Å². The largest absolute Gasteiger partial charge is 0.495 e. The van der Waals surface area contributed by atoms with E-state index in [0.717, 1.165) is 10.7 Å². The number of hydrogen-bond donors (Lipinski definition) is 1. The predicted molar refractivity (Wildman–Crippen MR) is 85.8 cm³/mol. The third kappa shape index (κ3) is 3.53. The fraction of sp³-hybridized carbons (Fsp3) is 0.375. The van der Waals surface area contributed by atoms with Crippen molar-refractivity contribution >= 4 is 17.0 Å². The summed E-state index contributed by atoms with van der Waals surface area (Å²) in [4.78, 5) is 4.64. The van der Waals surface area contributed by atoms with E-state index in [-0.39, 0.29) is 5.41 Å². The van der Waals surface area contributed by atoms with E-state index >= 15 is 0 Å². The lowest BCUT2D eigenvalue weighted by Gasteiger charge is -2.14. The molecule has 0 saturated heterocycles. The predicted octanol–water partition coefficient (Wildman–Crippen LogP) is 3.93. The molecule has 5 heteroatoms. The second-order valence-electron chi connectivity index (χ2n) is 5.74. The smallest absolute Gasteiger partial charge is 0.143 e. The fourth-order valence-corrected chi connectivity index (χ4v) is 2.80. The molecular formula is C16H19N3OS. The minimum absolute atomic E-state index is 0.0607. The van der Waals surface area contributed by atoms with Gasteiger partial charge in [0.15, 0.2) is 0 Å². The van der Waals surface area contributed by atoms with Gasteiger partial charge in [-0.2, -0.15) is 5.26 Å². The number of methoxy groups -OCH3 is 1. The molecule has 4 nitrogen and oxygen atoms in total. The normalized spacial score (nSPS) is 11.0. The lowest BCUT2D eigenvalue weighted by Crippen LogP contribution is -2.11. The fourth-order valence-electron chi connectivity index (χ4n) is 1.89. The minimum Gasteiger partial charge on any atom is -0.495 e. The molecule has 0 amide bonds. The number of benzene rings is 1. The van der Waals surface area contributed by atoms with Gasteiger partial charge < -0.3 is 10.1 Å². The third-order valence-electron chi connectivity index (χ3n) is 3.01. The Morgan fingerprint density at radius 2 is 2.14 bits per heavy atom. The second-order valence-corrected chi connectivity index (χ2v) is 6.60. The standard InChI is InChI=1S/C16H19N3OS/c1-16(2,3)15-19-12(10-21-15)9-18-14-11(8-17)6-5-7-13(14)20-4/h5-7,10,18H,9H2,1-4H3. The van der Waals surface area contributed by atoms with Crippen molar-refractivity contribution in [1.29, 1.82) is 5.26 Å². The zero-order chi connectivity index (χ0) is 15.5. The Hall–Kier alpha value is -2.06. The average Bonchev–Trinajstić information content (AvgIpc) is 2.93. The van der Waals surface area contributed by atoms with Crippen LogP contribution in [0.4, 0.5) is 5.69 Å². The molecular weight excluding hydrogens is 282 g/mol. The molecule has 0 radical (unpaired) electrons. The maximum Gasteiger partial charge on any atom is 0.143 e. The molecule has 0 spiro atoms. The van der Waals surface area contributed by atoms with Gasteiger partial charge in [-0.1, -0.05) is 26.8 Å². The number of para-hydroxylation sites is 1. The molecule has 0 unspecified atom stereocenters. The van der Waals surface area contributed by atoms with Crippen molar-refractivity contribution in [3.63, 3.8) is 0 Å². The first kappa shape index (κ1) is 15.3. The number of rotatable bonds is 4. The summed E-state index contributed by atoms with van der Waals surface area (Å²) >= 11 is 1.66. The molecule has 110 valence electrons. The van der Waals surface area contributed by atoms with E-state index in [0.29, 0.717) is 23.5 Å². The molecule has 21 heavy (non-hydrogen) atoms. The molecule has 0 aliphatic heterocycles. The zero-order valence-corrected chi connectivity index (χ0v) is 13.5. The number of anilines is 1. The van der Waals surface area contributed by atoms with Crippen molar-refractivity contribution < 1.29 is 4.74 Å². The molecule has 0 bridgehead atoms. The van der Waals surface area contributed by atoms with Gasteiger partial charge >= 0.3 is 0 Å². The molecule has 0 aliphatic rings. The first-order valence-electron chi connectivity index (χ1n) is 6.71. The maximum absolute atomic E-state index is 9.19. The van der Waals surface area contributed by atoms with Crippen LogP contribution in [0, 0.1) is 11.3 Å². The van der Waals surface area contributed by atoms with Crippen LogP contribution in [-0.2, 0) is 12.0 Å². The summed E-state index contributed by atoms with van der Waals surface area (Å²) in [6, 6.07) is 7.59. The van der Waals surface area contributed by atoms with Crippen molar-refractivity contribution in [3.05, 3.63) is 39.8 Å². The van der Waals surface area contributed by atoms with Gasteiger partial charge in [-0.05, 0) is 12.1 Å². The van der Waals surface area contributed by atoms with E-state index < -0.39 is 0 Å². The summed E-state index contributed by atoms with van der Waals surface area (Å²) in [6.45, 7) is 7.02. The van der Waals surface area contributed by atoms with Gasteiger partial charge in [-0.15, -0.1) is 11.3 Å². The third-order valence-corrected chi connectivity index (χ3v) is 4.32. The van der Waals surface area contributed by atoms with Gasteiger partial charge in [0.05, 0.1) is 35.6 Å². The lowest BCUT2D eigenvalue weighted by atomic mass is 9.98. The average molecular weight is 301 g/mol. The number of nitrogens with zero attached hydrogens (tertiary/aromatic N) is 2. The molecule has 0 atom stereocenters. The summed E-state index contributed by atoms with van der Waals surface area (Å²) in [5, 5.41) is 15.6. The molecule has 1 heterocycles. The van der Waals surface area contributed by atoms with Gasteiger partial charge in [-0.25, -0.2) is 4.98 Å². The maximum atomic E-state index is 9.19. The molecule has 2 aromatic rings. The quantitative estimate of drug-likeness (QED) is 0.929. The van der Waals surface area contributed by atoms with Crippen LogP contribution in [0.15, 0.2) is 23.6 Å². The summed E-state index contributed by atoms with van der Waals surface area (Å²) < 4.78 is 5.30. The molecule has 1 aromatic heterocycles. The number of hydrogen-bond acceptors (Lipinski definition) is 5. The van der Waals surface area contributed by atoms with E-state index in [1.54, 1.807) is 24.5 Å². The van der Waals surface area contributed by atoms with E-state index in [1.165, 1.54) is 0 Å². The van der Waals surface area contributed by atoms with Gasteiger partial charge in [0.2, 0.25) is 0 Å². The van der Waals surface area contributed by atoms with Crippen LogP contribution in [0.5, 0.6) is 5.75 Å². The SMILES string of the molecule is COc1cccc(C#N)c1NCc1csc(C(C)(C)C)n1. The Labute approximate surface area is 129 Å². The number of nitrogens with one attached hydrogen (secondary N) is 1. The summed E-state index contributed by atoms with van der Waals surface area (Å²) in [7, 11) is 1.60. The lowest BCUT2D eigenvalue weighted by molar-refractivity contribution is 0.416. The molecule has 0 saturated carbocycles. The minimum atomic E-state index is 0.0607. The van der Waals surface area contributed by atoms with Gasteiger partial charge in [0.25, 0.3) is 0 Å². The van der Waals surface area contributed by atoms with E-state index in [4.69, 9.17) is 4.74 Å². The van der Waals surface area contributed by atoms with Crippen molar-refractivity contribution in [2.24, 2.45) is 0 Å². The van der Waals surface area contributed by atoms with Crippen molar-refractivity contribution in [3.8, 4) is 11.8 Å². The molecule has 2 rings (SSSR count). The van der Waals surface area contributed by atoms with Crippen LogP contribution in [0.2, 0.25) is 0 Å². The number of nitriles is 1. The highest BCUT2D eigenvalue weighted by molar-refractivity contribution is 7.09. The van der Waals surface area contributed by atoms with Crippen LogP contribution in [0.3, 0.4) is 0 Å². The summed E-state index contributed by atoms with van der Waals surface area (Å²) in [5.74, 6) is 0.667. The van der Waals surface area contributed by atoms with Crippen LogP contribution in [-0.4, -0.2) is 12.1 Å². The highest BCUT2D eigenvalue weighted by atomic mass is 32.1. The zero-order valence-electron chi connectivity index (χ0n) is 12.7. The van der Waals surface area contributed by atoms with E-state index in [2.05, 4.69) is 42.5 Å². The Morgan fingerprint density at radius 3 is 2.71 bits per heavy atom. The van der Waals surface area contributed by atoms with E-state index in [9.17, 15) is 5.26 Å². The first-order valence-corrected chi connectivity index (χ1v) is 7.59.